The fourth-order valence-corrected chi connectivity index (χ4v) is 2.61. The van der Waals surface area contributed by atoms with Crippen molar-refractivity contribution in [2.45, 2.75) is 46.2 Å². The van der Waals surface area contributed by atoms with Gasteiger partial charge in [0, 0.05) is 25.3 Å². The molecule has 19 heavy (non-hydrogen) atoms. The molecule has 0 heterocycles. The summed E-state index contributed by atoms with van der Waals surface area (Å²) in [6.45, 7) is 8.91. The van der Waals surface area contributed by atoms with E-state index in [-0.39, 0.29) is 0 Å². The van der Waals surface area contributed by atoms with Crippen molar-refractivity contribution in [1.82, 2.24) is 5.32 Å². The zero-order chi connectivity index (χ0) is 13.8. The van der Waals surface area contributed by atoms with Crippen LogP contribution in [0.1, 0.15) is 39.2 Å². The van der Waals surface area contributed by atoms with Crippen molar-refractivity contribution in [2.75, 3.05) is 18.5 Å². The van der Waals surface area contributed by atoms with Gasteiger partial charge in [0.05, 0.1) is 0 Å². The molecule has 1 atom stereocenters. The van der Waals surface area contributed by atoms with Gasteiger partial charge in [-0.1, -0.05) is 32.0 Å². The first kappa shape index (κ1) is 14.4. The Morgan fingerprint density at radius 3 is 2.53 bits per heavy atom. The molecule has 0 amide bonds. The molecule has 0 aliphatic heterocycles. The van der Waals surface area contributed by atoms with E-state index in [0.29, 0.717) is 12.0 Å². The lowest BCUT2D eigenvalue weighted by Crippen LogP contribution is -2.32. The molecule has 2 rings (SSSR count). The largest absolute Gasteiger partial charge is 0.371 e. The van der Waals surface area contributed by atoms with Crippen LogP contribution in [-0.2, 0) is 6.54 Å². The van der Waals surface area contributed by atoms with Gasteiger partial charge in [-0.2, -0.15) is 0 Å². The summed E-state index contributed by atoms with van der Waals surface area (Å²) >= 11 is 0. The lowest BCUT2D eigenvalue weighted by Gasteiger charge is -2.29. The first-order chi connectivity index (χ1) is 9.09. The highest BCUT2D eigenvalue weighted by Gasteiger charge is 2.31. The molecule has 1 unspecified atom stereocenters. The van der Waals surface area contributed by atoms with E-state index in [9.17, 15) is 0 Å². The fourth-order valence-electron chi connectivity index (χ4n) is 2.61. The monoisotopic (exact) mass is 260 g/mol. The van der Waals surface area contributed by atoms with Gasteiger partial charge in [0.2, 0.25) is 0 Å². The zero-order valence-electron chi connectivity index (χ0n) is 12.8. The maximum Gasteiger partial charge on any atom is 0.0411 e. The van der Waals surface area contributed by atoms with E-state index >= 15 is 0 Å². The summed E-state index contributed by atoms with van der Waals surface area (Å²) in [5.74, 6) is 1.61. The second kappa shape index (κ2) is 6.42. The predicted octanol–water partition coefficient (Wildman–Crippen LogP) is 3.67. The minimum atomic E-state index is 0.659. The summed E-state index contributed by atoms with van der Waals surface area (Å²) in [6, 6.07) is 9.46. The van der Waals surface area contributed by atoms with Gasteiger partial charge in [-0.25, -0.2) is 0 Å². The highest BCUT2D eigenvalue weighted by Crippen LogP contribution is 2.36. The minimum Gasteiger partial charge on any atom is -0.371 e. The third kappa shape index (κ3) is 3.97. The molecule has 0 spiro atoms. The van der Waals surface area contributed by atoms with Gasteiger partial charge in [-0.15, -0.1) is 0 Å². The van der Waals surface area contributed by atoms with Crippen LogP contribution >= 0.6 is 0 Å². The van der Waals surface area contributed by atoms with Crippen LogP contribution in [0.5, 0.6) is 0 Å². The topological polar surface area (TPSA) is 15.3 Å². The van der Waals surface area contributed by atoms with Crippen LogP contribution in [0.25, 0.3) is 0 Å². The van der Waals surface area contributed by atoms with Gasteiger partial charge in [0.1, 0.15) is 0 Å². The van der Waals surface area contributed by atoms with Gasteiger partial charge in [-0.05, 0) is 49.8 Å². The second-order valence-electron chi connectivity index (χ2n) is 6.34. The number of hydrogen-bond donors (Lipinski definition) is 1. The van der Waals surface area contributed by atoms with Crippen LogP contribution < -0.4 is 10.2 Å². The Bertz CT molecular complexity index is 396. The SMILES string of the molecule is CC(C)CNCc1ccccc1N(C)C(C)C1CC1. The molecular weight excluding hydrogens is 232 g/mol. The summed E-state index contributed by atoms with van der Waals surface area (Å²) in [5.41, 5.74) is 2.80. The summed E-state index contributed by atoms with van der Waals surface area (Å²) in [4.78, 5) is 2.46. The first-order valence-corrected chi connectivity index (χ1v) is 7.61. The molecule has 0 radical (unpaired) electrons. The highest BCUT2D eigenvalue weighted by molar-refractivity contribution is 5.54. The third-order valence-electron chi connectivity index (χ3n) is 4.15. The van der Waals surface area contributed by atoms with Gasteiger partial charge >= 0.3 is 0 Å². The number of hydrogen-bond acceptors (Lipinski definition) is 2. The Kier molecular flexibility index (Phi) is 4.87. The fraction of sp³-hybridized carbons (Fsp3) is 0.647. The van der Waals surface area contributed by atoms with Crippen LogP contribution in [-0.4, -0.2) is 19.6 Å². The van der Waals surface area contributed by atoms with Crippen molar-refractivity contribution in [3.63, 3.8) is 0 Å². The molecule has 0 bridgehead atoms. The summed E-state index contributed by atoms with van der Waals surface area (Å²) in [5, 5.41) is 3.55. The Hall–Kier alpha value is -1.02. The Morgan fingerprint density at radius 1 is 1.21 bits per heavy atom. The van der Waals surface area contributed by atoms with E-state index < -0.39 is 0 Å². The molecule has 2 nitrogen and oxygen atoms in total. The Balaban J connectivity index is 2.02. The van der Waals surface area contributed by atoms with Gasteiger partial charge < -0.3 is 10.2 Å². The lowest BCUT2D eigenvalue weighted by molar-refractivity contribution is 0.550. The summed E-state index contributed by atoms with van der Waals surface area (Å²) < 4.78 is 0. The molecule has 1 aliphatic carbocycles. The van der Waals surface area contributed by atoms with Gasteiger partial charge in [0.25, 0.3) is 0 Å². The van der Waals surface area contributed by atoms with Crippen molar-refractivity contribution in [1.29, 1.82) is 0 Å². The average Bonchev–Trinajstić information content (AvgIpc) is 3.21. The highest BCUT2D eigenvalue weighted by atomic mass is 15.1. The number of rotatable bonds is 7. The van der Waals surface area contributed by atoms with Crippen LogP contribution in [0.3, 0.4) is 0 Å². The van der Waals surface area contributed by atoms with Gasteiger partial charge in [0.15, 0.2) is 0 Å². The number of nitrogens with one attached hydrogen (secondary N) is 1. The Morgan fingerprint density at radius 2 is 1.89 bits per heavy atom. The van der Waals surface area contributed by atoms with E-state index in [2.05, 4.69) is 62.3 Å². The molecule has 0 saturated heterocycles. The van der Waals surface area contributed by atoms with Crippen molar-refractivity contribution in [3.8, 4) is 0 Å². The molecular formula is C17H28N2. The van der Waals surface area contributed by atoms with Crippen LogP contribution in [0.4, 0.5) is 5.69 Å². The van der Waals surface area contributed by atoms with E-state index in [0.717, 1.165) is 19.0 Å². The molecule has 1 fully saturated rings. The maximum absolute atomic E-state index is 3.55. The molecule has 2 heteroatoms. The second-order valence-corrected chi connectivity index (χ2v) is 6.34. The number of nitrogens with zero attached hydrogens (tertiary/aromatic N) is 1. The zero-order valence-corrected chi connectivity index (χ0v) is 12.8. The summed E-state index contributed by atoms with van der Waals surface area (Å²) in [7, 11) is 2.24. The summed E-state index contributed by atoms with van der Waals surface area (Å²) in [6.07, 6.45) is 2.80. The number of para-hydroxylation sites is 1. The van der Waals surface area contributed by atoms with Crippen molar-refractivity contribution >= 4 is 5.69 Å². The average molecular weight is 260 g/mol. The molecule has 1 aromatic rings. The van der Waals surface area contributed by atoms with Crippen molar-refractivity contribution < 1.29 is 0 Å². The molecule has 0 aromatic heterocycles. The third-order valence-corrected chi connectivity index (χ3v) is 4.15. The number of benzene rings is 1. The van der Waals surface area contributed by atoms with E-state index in [1.54, 1.807) is 0 Å². The van der Waals surface area contributed by atoms with Crippen molar-refractivity contribution in [3.05, 3.63) is 29.8 Å². The van der Waals surface area contributed by atoms with Crippen LogP contribution in [0.15, 0.2) is 24.3 Å². The molecule has 1 aliphatic rings. The first-order valence-electron chi connectivity index (χ1n) is 7.61. The van der Waals surface area contributed by atoms with Crippen LogP contribution in [0, 0.1) is 11.8 Å². The quantitative estimate of drug-likeness (QED) is 0.805. The Labute approximate surface area is 118 Å². The minimum absolute atomic E-state index is 0.659. The number of anilines is 1. The van der Waals surface area contributed by atoms with E-state index in [1.165, 1.54) is 24.1 Å². The van der Waals surface area contributed by atoms with Gasteiger partial charge in [-0.3, -0.25) is 0 Å². The molecule has 1 saturated carbocycles. The van der Waals surface area contributed by atoms with E-state index in [4.69, 9.17) is 0 Å². The normalized spacial score (nSPS) is 16.7. The van der Waals surface area contributed by atoms with Crippen molar-refractivity contribution in [2.24, 2.45) is 11.8 Å². The van der Waals surface area contributed by atoms with Crippen LogP contribution in [0.2, 0.25) is 0 Å². The predicted molar refractivity (Wildman–Crippen MR) is 83.6 cm³/mol. The lowest BCUT2D eigenvalue weighted by atomic mass is 10.1. The molecule has 106 valence electrons. The van der Waals surface area contributed by atoms with E-state index in [1.807, 2.05) is 0 Å². The molecule has 1 N–H and O–H groups in total. The molecule has 1 aromatic carbocycles. The maximum atomic E-state index is 3.55. The standard InChI is InChI=1S/C17H28N2/c1-13(2)11-18-12-16-7-5-6-8-17(16)19(4)14(3)15-9-10-15/h5-8,13-15,18H,9-12H2,1-4H3. The smallest absolute Gasteiger partial charge is 0.0411 e.